The molecule has 0 aromatic rings. The van der Waals surface area contributed by atoms with Gasteiger partial charge < -0.3 is 0 Å². The average Bonchev–Trinajstić information content (AvgIpc) is 2.26. The normalized spacial score (nSPS) is 50.2. The second-order valence-electron chi connectivity index (χ2n) is 5.35. The standard InChI is InChI=1S/C11H18O/c1-7-8-5-6-11(4,9(7)12)10(8,2)3/h7-8H,5-6H2,1-4H3/t7-,8-,11+/m1/s1. The van der Waals surface area contributed by atoms with Crippen LogP contribution in [0.5, 0.6) is 0 Å². The molecule has 0 aromatic heterocycles. The van der Waals surface area contributed by atoms with Crippen molar-refractivity contribution >= 4 is 5.78 Å². The number of hydrogen-bond acceptors (Lipinski definition) is 1. The number of rotatable bonds is 0. The van der Waals surface area contributed by atoms with Crippen molar-refractivity contribution in [2.45, 2.75) is 40.5 Å². The number of Topliss-reactive ketones (excluding diaryl/α,β-unsaturated/α-hetero) is 1. The second-order valence-corrected chi connectivity index (χ2v) is 5.35. The van der Waals surface area contributed by atoms with Crippen LogP contribution in [0.15, 0.2) is 0 Å². The lowest BCUT2D eigenvalue weighted by atomic mass is 9.70. The largest absolute Gasteiger partial charge is 0.299 e. The van der Waals surface area contributed by atoms with Gasteiger partial charge in [-0.1, -0.05) is 27.7 Å². The van der Waals surface area contributed by atoms with Crippen LogP contribution in [0.4, 0.5) is 0 Å². The van der Waals surface area contributed by atoms with Crippen LogP contribution in [0.25, 0.3) is 0 Å². The molecule has 0 radical (unpaired) electrons. The lowest BCUT2D eigenvalue weighted by Crippen LogP contribution is -2.33. The summed E-state index contributed by atoms with van der Waals surface area (Å²) < 4.78 is 0. The van der Waals surface area contributed by atoms with Crippen LogP contribution in [0.2, 0.25) is 0 Å². The Balaban J connectivity index is 2.50. The first kappa shape index (κ1) is 8.28. The molecule has 0 aromatic carbocycles. The summed E-state index contributed by atoms with van der Waals surface area (Å²) in [6, 6.07) is 0. The van der Waals surface area contributed by atoms with Gasteiger partial charge in [-0.2, -0.15) is 0 Å². The summed E-state index contributed by atoms with van der Waals surface area (Å²) in [6.07, 6.45) is 2.38. The van der Waals surface area contributed by atoms with Gasteiger partial charge in [-0.25, -0.2) is 0 Å². The predicted molar refractivity (Wildman–Crippen MR) is 48.8 cm³/mol. The topological polar surface area (TPSA) is 17.1 Å². The molecule has 0 heterocycles. The van der Waals surface area contributed by atoms with E-state index in [-0.39, 0.29) is 10.8 Å². The lowest BCUT2D eigenvalue weighted by Gasteiger charge is -2.32. The molecule has 12 heavy (non-hydrogen) atoms. The zero-order valence-corrected chi connectivity index (χ0v) is 8.48. The fourth-order valence-electron chi connectivity index (χ4n) is 3.54. The van der Waals surface area contributed by atoms with Gasteiger partial charge in [-0.05, 0) is 24.2 Å². The smallest absolute Gasteiger partial charge is 0.142 e. The van der Waals surface area contributed by atoms with Gasteiger partial charge in [0.15, 0.2) is 0 Å². The molecule has 1 nitrogen and oxygen atoms in total. The minimum atomic E-state index is -0.00289. The molecule has 0 aliphatic heterocycles. The van der Waals surface area contributed by atoms with Crippen molar-refractivity contribution in [3.8, 4) is 0 Å². The summed E-state index contributed by atoms with van der Waals surface area (Å²) in [5.74, 6) is 1.48. The predicted octanol–water partition coefficient (Wildman–Crippen LogP) is 2.65. The molecular formula is C11H18O. The third-order valence-corrected chi connectivity index (χ3v) is 4.87. The van der Waals surface area contributed by atoms with Crippen LogP contribution >= 0.6 is 0 Å². The maximum absolute atomic E-state index is 11.9. The molecule has 2 aliphatic carbocycles. The van der Waals surface area contributed by atoms with Gasteiger partial charge in [-0.15, -0.1) is 0 Å². The molecular weight excluding hydrogens is 148 g/mol. The molecule has 2 rings (SSSR count). The minimum absolute atomic E-state index is 0.00289. The Hall–Kier alpha value is -0.330. The Morgan fingerprint density at radius 2 is 1.92 bits per heavy atom. The Morgan fingerprint density at radius 1 is 1.33 bits per heavy atom. The highest BCUT2D eigenvalue weighted by Gasteiger charge is 2.64. The van der Waals surface area contributed by atoms with Crippen molar-refractivity contribution in [3.63, 3.8) is 0 Å². The van der Waals surface area contributed by atoms with Crippen molar-refractivity contribution in [2.24, 2.45) is 22.7 Å². The molecule has 2 saturated carbocycles. The van der Waals surface area contributed by atoms with Crippen molar-refractivity contribution in [3.05, 3.63) is 0 Å². The third-order valence-electron chi connectivity index (χ3n) is 4.87. The summed E-state index contributed by atoms with van der Waals surface area (Å²) in [6.45, 7) is 8.82. The summed E-state index contributed by atoms with van der Waals surface area (Å²) in [5.41, 5.74) is 0.251. The summed E-state index contributed by atoms with van der Waals surface area (Å²) >= 11 is 0. The van der Waals surface area contributed by atoms with E-state index in [0.717, 1.165) is 6.42 Å². The summed E-state index contributed by atoms with van der Waals surface area (Å²) in [4.78, 5) is 11.9. The molecule has 3 atom stereocenters. The van der Waals surface area contributed by atoms with E-state index in [4.69, 9.17) is 0 Å². The first-order valence-electron chi connectivity index (χ1n) is 4.95. The third kappa shape index (κ3) is 0.605. The van der Waals surface area contributed by atoms with E-state index in [2.05, 4.69) is 27.7 Å². The summed E-state index contributed by atoms with van der Waals surface area (Å²) in [5, 5.41) is 0. The van der Waals surface area contributed by atoms with Gasteiger partial charge in [0.05, 0.1) is 0 Å². The van der Waals surface area contributed by atoms with Gasteiger partial charge in [0, 0.05) is 11.3 Å². The Morgan fingerprint density at radius 3 is 2.17 bits per heavy atom. The molecule has 0 N–H and O–H groups in total. The van der Waals surface area contributed by atoms with Crippen molar-refractivity contribution in [1.29, 1.82) is 0 Å². The minimum Gasteiger partial charge on any atom is -0.299 e. The van der Waals surface area contributed by atoms with Crippen molar-refractivity contribution in [2.75, 3.05) is 0 Å². The van der Waals surface area contributed by atoms with Gasteiger partial charge in [0.25, 0.3) is 0 Å². The summed E-state index contributed by atoms with van der Waals surface area (Å²) in [7, 11) is 0. The fourth-order valence-corrected chi connectivity index (χ4v) is 3.54. The van der Waals surface area contributed by atoms with Crippen LogP contribution < -0.4 is 0 Å². The molecule has 0 saturated heterocycles. The fraction of sp³-hybridized carbons (Fsp3) is 0.909. The highest BCUT2D eigenvalue weighted by Crippen LogP contribution is 2.65. The molecule has 0 amide bonds. The molecule has 2 bridgehead atoms. The lowest BCUT2D eigenvalue weighted by molar-refractivity contribution is -0.131. The molecule has 68 valence electrons. The molecule has 0 spiro atoms. The van der Waals surface area contributed by atoms with Crippen LogP contribution in [-0.2, 0) is 4.79 Å². The monoisotopic (exact) mass is 166 g/mol. The van der Waals surface area contributed by atoms with Crippen molar-refractivity contribution in [1.82, 2.24) is 0 Å². The maximum atomic E-state index is 11.9. The van der Waals surface area contributed by atoms with E-state index in [1.54, 1.807) is 0 Å². The average molecular weight is 166 g/mol. The highest BCUT2D eigenvalue weighted by atomic mass is 16.1. The number of carbonyl (C=O) groups is 1. The van der Waals surface area contributed by atoms with E-state index in [1.807, 2.05) is 0 Å². The van der Waals surface area contributed by atoms with Gasteiger partial charge in [0.2, 0.25) is 0 Å². The zero-order valence-electron chi connectivity index (χ0n) is 8.48. The van der Waals surface area contributed by atoms with E-state index in [9.17, 15) is 4.79 Å². The van der Waals surface area contributed by atoms with Gasteiger partial charge in [-0.3, -0.25) is 4.79 Å². The number of fused-ring (bicyclic) bond motifs is 2. The number of carbonyl (C=O) groups excluding carboxylic acids is 1. The SMILES string of the molecule is C[C@H]1C(=O)[C@]2(C)CC[C@H]1C2(C)C. The Bertz CT molecular complexity index is 241. The van der Waals surface area contributed by atoms with E-state index >= 15 is 0 Å². The Labute approximate surface area is 74.5 Å². The number of ketones is 1. The molecule has 1 heteroatoms. The second kappa shape index (κ2) is 1.94. The zero-order chi connectivity index (χ0) is 9.15. The van der Waals surface area contributed by atoms with Crippen LogP contribution in [0.3, 0.4) is 0 Å². The van der Waals surface area contributed by atoms with Crippen LogP contribution in [0.1, 0.15) is 40.5 Å². The van der Waals surface area contributed by atoms with Crippen LogP contribution in [-0.4, -0.2) is 5.78 Å². The van der Waals surface area contributed by atoms with E-state index in [1.165, 1.54) is 6.42 Å². The van der Waals surface area contributed by atoms with Gasteiger partial charge in [0.1, 0.15) is 5.78 Å². The van der Waals surface area contributed by atoms with Crippen LogP contribution in [0, 0.1) is 22.7 Å². The quantitative estimate of drug-likeness (QED) is 0.540. The number of hydrogen-bond donors (Lipinski definition) is 0. The van der Waals surface area contributed by atoms with Gasteiger partial charge >= 0.3 is 0 Å². The van der Waals surface area contributed by atoms with E-state index in [0.29, 0.717) is 17.6 Å². The molecule has 2 aliphatic rings. The first-order valence-corrected chi connectivity index (χ1v) is 4.95. The maximum Gasteiger partial charge on any atom is 0.142 e. The molecule has 0 unspecified atom stereocenters. The Kier molecular flexibility index (Phi) is 1.34. The first-order chi connectivity index (χ1) is 5.41. The molecule has 2 fully saturated rings. The highest BCUT2D eigenvalue weighted by molar-refractivity contribution is 5.91. The van der Waals surface area contributed by atoms with E-state index < -0.39 is 0 Å². The van der Waals surface area contributed by atoms with Crippen molar-refractivity contribution < 1.29 is 4.79 Å².